The fourth-order valence-electron chi connectivity index (χ4n) is 3.03. The third-order valence-electron chi connectivity index (χ3n) is 4.23. The van der Waals surface area contributed by atoms with Gasteiger partial charge in [0.25, 0.3) is 0 Å². The molecule has 0 spiro atoms. The first kappa shape index (κ1) is 14.9. The fraction of sp³-hybridized carbons (Fsp3) is 0.588. The highest BCUT2D eigenvalue weighted by Crippen LogP contribution is 2.27. The summed E-state index contributed by atoms with van der Waals surface area (Å²) in [5.41, 5.74) is 1.27. The third kappa shape index (κ3) is 4.25. The Morgan fingerprint density at radius 1 is 1.25 bits per heavy atom. The highest BCUT2D eigenvalue weighted by atomic mass is 16.5. The Balaban J connectivity index is 1.82. The maximum Gasteiger partial charge on any atom is 0.174 e. The molecular weight excluding hydrogens is 248 g/mol. The van der Waals surface area contributed by atoms with Crippen LogP contribution in [-0.2, 0) is 6.54 Å². The van der Waals surface area contributed by atoms with Crippen molar-refractivity contribution in [2.45, 2.75) is 51.6 Å². The first-order chi connectivity index (χ1) is 9.83. The summed E-state index contributed by atoms with van der Waals surface area (Å²) in [6, 6.07) is 10.7. The Morgan fingerprint density at radius 3 is 2.70 bits per heavy atom. The third-order valence-corrected chi connectivity index (χ3v) is 4.23. The van der Waals surface area contributed by atoms with Gasteiger partial charge >= 0.3 is 0 Å². The van der Waals surface area contributed by atoms with Crippen molar-refractivity contribution in [3.8, 4) is 11.8 Å². The van der Waals surface area contributed by atoms with Gasteiger partial charge in [0, 0.05) is 12.6 Å². The summed E-state index contributed by atoms with van der Waals surface area (Å²) in [5.74, 6) is 1.60. The van der Waals surface area contributed by atoms with Crippen molar-refractivity contribution >= 4 is 0 Å². The molecule has 2 unspecified atom stereocenters. The van der Waals surface area contributed by atoms with E-state index in [-0.39, 0.29) is 6.61 Å². The first-order valence-corrected chi connectivity index (χ1v) is 7.65. The standard InChI is InChI=1S/C17H24N2O/c1-2-15-5-3-4-6-17(15)19-13-14-7-9-16(10-8-14)20-12-11-18/h7-10,15,17,19H,2-6,12-13H2,1H3. The van der Waals surface area contributed by atoms with E-state index in [1.807, 2.05) is 18.2 Å². The quantitative estimate of drug-likeness (QED) is 0.859. The van der Waals surface area contributed by atoms with Crippen molar-refractivity contribution in [1.29, 1.82) is 5.26 Å². The van der Waals surface area contributed by atoms with Crippen molar-refractivity contribution in [1.82, 2.24) is 5.32 Å². The average molecular weight is 272 g/mol. The minimum Gasteiger partial charge on any atom is -0.479 e. The Morgan fingerprint density at radius 2 is 2.00 bits per heavy atom. The Labute approximate surface area is 121 Å². The number of hydrogen-bond donors (Lipinski definition) is 1. The lowest BCUT2D eigenvalue weighted by Gasteiger charge is -2.31. The molecular formula is C17H24N2O. The summed E-state index contributed by atoms with van der Waals surface area (Å²) >= 11 is 0. The predicted octanol–water partition coefficient (Wildman–Crippen LogP) is 3.65. The molecule has 0 heterocycles. The molecule has 1 saturated carbocycles. The van der Waals surface area contributed by atoms with Crippen LogP contribution in [0.5, 0.6) is 5.75 Å². The smallest absolute Gasteiger partial charge is 0.174 e. The molecule has 0 saturated heterocycles. The monoisotopic (exact) mass is 272 g/mol. The summed E-state index contributed by atoms with van der Waals surface area (Å²) in [4.78, 5) is 0. The molecule has 2 atom stereocenters. The molecule has 3 nitrogen and oxygen atoms in total. The van der Waals surface area contributed by atoms with Crippen LogP contribution >= 0.6 is 0 Å². The molecule has 1 N–H and O–H groups in total. The van der Waals surface area contributed by atoms with E-state index in [9.17, 15) is 0 Å². The van der Waals surface area contributed by atoms with Crippen LogP contribution in [0.1, 0.15) is 44.6 Å². The molecule has 0 bridgehead atoms. The molecule has 1 aromatic rings. The maximum atomic E-state index is 8.47. The van der Waals surface area contributed by atoms with Crippen molar-refractivity contribution < 1.29 is 4.74 Å². The SMILES string of the molecule is CCC1CCCCC1NCc1ccc(OCC#N)cc1. The van der Waals surface area contributed by atoms with Crippen molar-refractivity contribution in [2.75, 3.05) is 6.61 Å². The van der Waals surface area contributed by atoms with E-state index < -0.39 is 0 Å². The topological polar surface area (TPSA) is 45.0 Å². The zero-order chi connectivity index (χ0) is 14.2. The van der Waals surface area contributed by atoms with Gasteiger partial charge in [0.05, 0.1) is 0 Å². The van der Waals surface area contributed by atoms with Crippen LogP contribution in [0.2, 0.25) is 0 Å². The van der Waals surface area contributed by atoms with Crippen molar-refractivity contribution in [3.05, 3.63) is 29.8 Å². The zero-order valence-corrected chi connectivity index (χ0v) is 12.3. The minimum absolute atomic E-state index is 0.109. The molecule has 1 aliphatic carbocycles. The molecule has 0 radical (unpaired) electrons. The summed E-state index contributed by atoms with van der Waals surface area (Å²) in [6.07, 6.45) is 6.70. The van der Waals surface area contributed by atoms with E-state index in [1.54, 1.807) is 0 Å². The van der Waals surface area contributed by atoms with E-state index in [1.165, 1.54) is 37.7 Å². The van der Waals surface area contributed by atoms with Crippen LogP contribution < -0.4 is 10.1 Å². The number of nitrogens with zero attached hydrogens (tertiary/aromatic N) is 1. The Bertz CT molecular complexity index is 435. The average Bonchev–Trinajstić information content (AvgIpc) is 2.52. The number of hydrogen-bond acceptors (Lipinski definition) is 3. The number of nitriles is 1. The summed E-state index contributed by atoms with van der Waals surface area (Å²) in [7, 11) is 0. The van der Waals surface area contributed by atoms with Gasteiger partial charge in [-0.1, -0.05) is 38.3 Å². The number of benzene rings is 1. The van der Waals surface area contributed by atoms with E-state index in [0.29, 0.717) is 6.04 Å². The van der Waals surface area contributed by atoms with Crippen LogP contribution in [0.3, 0.4) is 0 Å². The molecule has 3 heteroatoms. The van der Waals surface area contributed by atoms with Gasteiger partial charge in [-0.05, 0) is 36.5 Å². The van der Waals surface area contributed by atoms with Gasteiger partial charge in [-0.15, -0.1) is 0 Å². The van der Waals surface area contributed by atoms with Crippen LogP contribution in [-0.4, -0.2) is 12.6 Å². The number of nitrogens with one attached hydrogen (secondary N) is 1. The second-order valence-corrected chi connectivity index (χ2v) is 5.53. The number of ether oxygens (including phenoxy) is 1. The molecule has 1 fully saturated rings. The molecule has 20 heavy (non-hydrogen) atoms. The van der Waals surface area contributed by atoms with Gasteiger partial charge in [0.2, 0.25) is 0 Å². The number of rotatable bonds is 6. The predicted molar refractivity (Wildman–Crippen MR) is 80.4 cm³/mol. The lowest BCUT2D eigenvalue weighted by atomic mass is 9.83. The van der Waals surface area contributed by atoms with Gasteiger partial charge < -0.3 is 10.1 Å². The minimum atomic E-state index is 0.109. The molecule has 0 aliphatic heterocycles. The maximum absolute atomic E-state index is 8.47. The van der Waals surface area contributed by atoms with Crippen LogP contribution in [0, 0.1) is 17.2 Å². The highest BCUT2D eigenvalue weighted by molar-refractivity contribution is 5.27. The van der Waals surface area contributed by atoms with E-state index >= 15 is 0 Å². The van der Waals surface area contributed by atoms with Gasteiger partial charge in [-0.25, -0.2) is 0 Å². The van der Waals surface area contributed by atoms with E-state index in [0.717, 1.165) is 18.2 Å². The molecule has 2 rings (SSSR count). The second-order valence-electron chi connectivity index (χ2n) is 5.53. The summed E-state index contributed by atoms with van der Waals surface area (Å²) in [5, 5.41) is 12.2. The summed E-state index contributed by atoms with van der Waals surface area (Å²) in [6.45, 7) is 3.32. The fourth-order valence-corrected chi connectivity index (χ4v) is 3.03. The molecule has 0 amide bonds. The van der Waals surface area contributed by atoms with E-state index in [4.69, 9.17) is 10.00 Å². The Hall–Kier alpha value is -1.53. The molecule has 1 aromatic carbocycles. The van der Waals surface area contributed by atoms with Crippen LogP contribution in [0.15, 0.2) is 24.3 Å². The van der Waals surface area contributed by atoms with Gasteiger partial charge in [0.15, 0.2) is 6.61 Å². The van der Waals surface area contributed by atoms with E-state index in [2.05, 4.69) is 24.4 Å². The van der Waals surface area contributed by atoms with Crippen molar-refractivity contribution in [3.63, 3.8) is 0 Å². The second kappa shape index (κ2) is 7.91. The molecule has 108 valence electrons. The van der Waals surface area contributed by atoms with Gasteiger partial charge in [-0.3, -0.25) is 0 Å². The molecule has 0 aromatic heterocycles. The molecule has 1 aliphatic rings. The Kier molecular flexibility index (Phi) is 5.88. The highest BCUT2D eigenvalue weighted by Gasteiger charge is 2.22. The van der Waals surface area contributed by atoms with Crippen LogP contribution in [0.4, 0.5) is 0 Å². The normalized spacial score (nSPS) is 22.2. The van der Waals surface area contributed by atoms with Crippen LogP contribution in [0.25, 0.3) is 0 Å². The van der Waals surface area contributed by atoms with Gasteiger partial charge in [0.1, 0.15) is 11.8 Å². The van der Waals surface area contributed by atoms with Crippen molar-refractivity contribution in [2.24, 2.45) is 5.92 Å². The lowest BCUT2D eigenvalue weighted by Crippen LogP contribution is -2.37. The zero-order valence-electron chi connectivity index (χ0n) is 12.3. The van der Waals surface area contributed by atoms with Gasteiger partial charge in [-0.2, -0.15) is 5.26 Å². The largest absolute Gasteiger partial charge is 0.479 e. The lowest BCUT2D eigenvalue weighted by molar-refractivity contribution is 0.254. The summed E-state index contributed by atoms with van der Waals surface area (Å²) < 4.78 is 5.26. The first-order valence-electron chi connectivity index (χ1n) is 7.65.